The van der Waals surface area contributed by atoms with Crippen molar-refractivity contribution in [3.05, 3.63) is 152 Å². The van der Waals surface area contributed by atoms with Crippen LogP contribution in [0.15, 0.2) is 156 Å². The molecule has 3 heteroatoms. The molecule has 202 valence electrons. The summed E-state index contributed by atoms with van der Waals surface area (Å²) in [6.07, 6.45) is 0. The van der Waals surface area contributed by atoms with Crippen LogP contribution in [-0.2, 0) is 0 Å². The van der Waals surface area contributed by atoms with Gasteiger partial charge < -0.3 is 14.1 Å². The molecule has 0 N–H and O–H groups in total. The van der Waals surface area contributed by atoms with Crippen LogP contribution in [0.25, 0.3) is 55.0 Å². The van der Waals surface area contributed by atoms with E-state index < -0.39 is 0 Å². The summed E-state index contributed by atoms with van der Waals surface area (Å²) in [5, 5.41) is 4.62. The Balaban J connectivity index is 1.12. The summed E-state index contributed by atoms with van der Waals surface area (Å²) in [6.45, 7) is 0. The fourth-order valence-corrected chi connectivity index (χ4v) is 6.42. The minimum Gasteiger partial charge on any atom is -0.456 e. The van der Waals surface area contributed by atoms with E-state index in [1.165, 1.54) is 16.3 Å². The number of hydrogen-bond acceptors (Lipinski definition) is 3. The van der Waals surface area contributed by atoms with Crippen LogP contribution in [-0.4, -0.2) is 0 Å². The number of anilines is 3. The molecule has 0 saturated heterocycles. The molecule has 0 spiro atoms. The summed E-state index contributed by atoms with van der Waals surface area (Å²) in [6, 6.07) is 53.1. The van der Waals surface area contributed by atoms with Crippen LogP contribution >= 0.6 is 0 Å². The van der Waals surface area contributed by atoms with Gasteiger partial charge in [0, 0.05) is 44.9 Å². The Morgan fingerprint density at radius 1 is 0.419 bits per heavy atom. The van der Waals surface area contributed by atoms with E-state index in [0.29, 0.717) is 0 Å². The van der Waals surface area contributed by atoms with Crippen LogP contribution in [0.4, 0.5) is 17.1 Å². The normalized spacial score (nSPS) is 11.9. The van der Waals surface area contributed by atoms with Crippen LogP contribution in [0.3, 0.4) is 0 Å². The molecule has 8 aromatic rings. The molecule has 0 bridgehead atoms. The first kappa shape index (κ1) is 23.9. The molecule has 43 heavy (non-hydrogen) atoms. The lowest BCUT2D eigenvalue weighted by Crippen LogP contribution is -2.09. The zero-order valence-corrected chi connectivity index (χ0v) is 23.2. The molecule has 1 aliphatic rings. The predicted molar refractivity (Wildman–Crippen MR) is 177 cm³/mol. The van der Waals surface area contributed by atoms with Crippen LogP contribution < -0.4 is 9.64 Å². The first-order valence-electron chi connectivity index (χ1n) is 14.5. The van der Waals surface area contributed by atoms with Crippen LogP contribution in [0.5, 0.6) is 11.5 Å². The molecule has 0 fully saturated rings. The van der Waals surface area contributed by atoms with Gasteiger partial charge in [0.15, 0.2) is 0 Å². The van der Waals surface area contributed by atoms with Crippen LogP contribution in [0.1, 0.15) is 0 Å². The molecule has 2 heterocycles. The van der Waals surface area contributed by atoms with Gasteiger partial charge in [-0.15, -0.1) is 0 Å². The van der Waals surface area contributed by atoms with E-state index in [1.54, 1.807) is 0 Å². The van der Waals surface area contributed by atoms with E-state index in [0.717, 1.165) is 67.2 Å². The van der Waals surface area contributed by atoms with Crippen molar-refractivity contribution >= 4 is 49.8 Å². The van der Waals surface area contributed by atoms with E-state index in [2.05, 4.69) is 132 Å². The molecule has 0 aliphatic carbocycles. The van der Waals surface area contributed by atoms with Gasteiger partial charge in [0.25, 0.3) is 0 Å². The third kappa shape index (κ3) is 3.83. The smallest absolute Gasteiger partial charge is 0.137 e. The molecule has 1 aliphatic heterocycles. The third-order valence-corrected chi connectivity index (χ3v) is 8.45. The van der Waals surface area contributed by atoms with E-state index in [4.69, 9.17) is 9.15 Å². The molecule has 0 atom stereocenters. The number of benzene rings is 7. The first-order chi connectivity index (χ1) is 21.3. The Morgan fingerprint density at radius 3 is 2.02 bits per heavy atom. The highest BCUT2D eigenvalue weighted by atomic mass is 16.5. The van der Waals surface area contributed by atoms with Gasteiger partial charge in [0.05, 0.1) is 0 Å². The Bertz CT molecular complexity index is 2310. The van der Waals surface area contributed by atoms with Crippen molar-refractivity contribution in [2.24, 2.45) is 0 Å². The van der Waals surface area contributed by atoms with Crippen molar-refractivity contribution in [2.75, 3.05) is 4.90 Å². The second-order valence-corrected chi connectivity index (χ2v) is 11.0. The average molecular weight is 552 g/mol. The summed E-state index contributed by atoms with van der Waals surface area (Å²) < 4.78 is 12.6. The minimum absolute atomic E-state index is 0.879. The van der Waals surface area contributed by atoms with Crippen molar-refractivity contribution in [1.82, 2.24) is 0 Å². The third-order valence-electron chi connectivity index (χ3n) is 8.45. The fraction of sp³-hybridized carbons (Fsp3) is 0. The molecule has 0 amide bonds. The highest BCUT2D eigenvalue weighted by Crippen LogP contribution is 2.47. The van der Waals surface area contributed by atoms with Gasteiger partial charge in [0.1, 0.15) is 22.7 Å². The van der Waals surface area contributed by atoms with Crippen molar-refractivity contribution in [3.63, 3.8) is 0 Å². The molecule has 0 saturated carbocycles. The first-order valence-corrected chi connectivity index (χ1v) is 14.5. The monoisotopic (exact) mass is 551 g/mol. The predicted octanol–water partition coefficient (Wildman–Crippen LogP) is 11.6. The van der Waals surface area contributed by atoms with E-state index >= 15 is 0 Å². The molecule has 0 radical (unpaired) electrons. The molecular formula is C40H25NO2. The Morgan fingerprint density at radius 2 is 1.14 bits per heavy atom. The van der Waals surface area contributed by atoms with Crippen LogP contribution in [0.2, 0.25) is 0 Å². The number of nitrogens with zero attached hydrogens (tertiary/aromatic N) is 1. The van der Waals surface area contributed by atoms with Gasteiger partial charge in [-0.25, -0.2) is 0 Å². The lowest BCUT2D eigenvalue weighted by molar-refractivity contribution is 0.487. The van der Waals surface area contributed by atoms with Crippen LogP contribution in [0, 0.1) is 0 Å². The summed E-state index contributed by atoms with van der Waals surface area (Å²) in [7, 11) is 0. The highest BCUT2D eigenvalue weighted by Gasteiger charge is 2.21. The van der Waals surface area contributed by atoms with Gasteiger partial charge >= 0.3 is 0 Å². The Labute approximate surface area is 248 Å². The summed E-state index contributed by atoms with van der Waals surface area (Å²) >= 11 is 0. The largest absolute Gasteiger partial charge is 0.456 e. The quantitative estimate of drug-likeness (QED) is 0.218. The van der Waals surface area contributed by atoms with Crippen molar-refractivity contribution in [1.29, 1.82) is 0 Å². The SMILES string of the molecule is c1ccc(N(c2ccc(-c3ccc4c(c3)-c3cccc5cccc(c35)O4)cc2)c2ccc3c(c2)oc2ccccc23)cc1. The highest BCUT2D eigenvalue weighted by molar-refractivity contribution is 6.06. The number of para-hydroxylation sites is 2. The van der Waals surface area contributed by atoms with Gasteiger partial charge in [-0.2, -0.15) is 0 Å². The fourth-order valence-electron chi connectivity index (χ4n) is 6.42. The standard InChI is InChI=1S/C40H25NO2/c1-2-10-29(11-3-1)41(31-21-22-33-32-12-4-5-14-36(32)43-39(33)25-31)30-19-16-26(17-20-30)28-18-23-37-35(24-28)34-13-6-8-27-9-7-15-38(42-37)40(27)34/h1-25H. The van der Waals surface area contributed by atoms with E-state index in [-0.39, 0.29) is 0 Å². The number of ether oxygens (including phenoxy) is 1. The van der Waals surface area contributed by atoms with E-state index in [1.807, 2.05) is 24.3 Å². The molecule has 3 nitrogen and oxygen atoms in total. The number of rotatable bonds is 4. The molecule has 7 aromatic carbocycles. The molecule has 0 unspecified atom stereocenters. The average Bonchev–Trinajstić information content (AvgIpc) is 3.44. The number of furan rings is 1. The molecule has 1 aromatic heterocycles. The maximum atomic E-state index is 6.32. The summed E-state index contributed by atoms with van der Waals surface area (Å²) in [5.41, 5.74) is 9.63. The summed E-state index contributed by atoms with van der Waals surface area (Å²) in [4.78, 5) is 2.27. The second-order valence-electron chi connectivity index (χ2n) is 11.0. The van der Waals surface area contributed by atoms with Crippen molar-refractivity contribution in [2.45, 2.75) is 0 Å². The van der Waals surface area contributed by atoms with Gasteiger partial charge in [0.2, 0.25) is 0 Å². The molecule has 9 rings (SSSR count). The lowest BCUT2D eigenvalue weighted by Gasteiger charge is -2.25. The lowest BCUT2D eigenvalue weighted by atomic mass is 9.92. The maximum absolute atomic E-state index is 6.32. The molecular weight excluding hydrogens is 526 g/mol. The minimum atomic E-state index is 0.879. The number of fused-ring (bicyclic) bond motifs is 5. The zero-order valence-electron chi connectivity index (χ0n) is 23.2. The maximum Gasteiger partial charge on any atom is 0.137 e. The Kier molecular flexibility index (Phi) is 5.20. The van der Waals surface area contributed by atoms with Crippen molar-refractivity contribution < 1.29 is 9.15 Å². The van der Waals surface area contributed by atoms with Gasteiger partial charge in [-0.05, 0) is 82.7 Å². The topological polar surface area (TPSA) is 25.6 Å². The zero-order chi connectivity index (χ0) is 28.3. The van der Waals surface area contributed by atoms with Gasteiger partial charge in [-0.1, -0.05) is 84.9 Å². The van der Waals surface area contributed by atoms with Crippen molar-refractivity contribution in [3.8, 4) is 33.8 Å². The number of hydrogen-bond donors (Lipinski definition) is 0. The van der Waals surface area contributed by atoms with E-state index in [9.17, 15) is 0 Å². The van der Waals surface area contributed by atoms with Gasteiger partial charge in [-0.3, -0.25) is 0 Å². The second kappa shape index (κ2) is 9.37. The Hall–Kier alpha value is -5.80. The summed E-state index contributed by atoms with van der Waals surface area (Å²) in [5.74, 6) is 1.81.